The number of phenols is 2. The molecule has 3 fully saturated rings. The second-order valence-corrected chi connectivity index (χ2v) is 13.5. The molecule has 5 heteroatoms. The lowest BCUT2D eigenvalue weighted by atomic mass is 9.60. The molecular weight excluding hydrogens is 524 g/mol. The van der Waals surface area contributed by atoms with Gasteiger partial charge in [-0.1, -0.05) is 74.4 Å². The number of phenolic OH excluding ortho intramolecular Hbond substituents is 2. The zero-order valence-electron chi connectivity index (χ0n) is 25.2. The lowest BCUT2D eigenvalue weighted by Crippen LogP contribution is -2.36. The topological polar surface area (TPSA) is 101 Å². The molecule has 0 radical (unpaired) electrons. The first kappa shape index (κ1) is 30.6. The highest BCUT2D eigenvalue weighted by Gasteiger charge is 2.50. The van der Waals surface area contributed by atoms with Gasteiger partial charge in [-0.3, -0.25) is 0 Å². The van der Waals surface area contributed by atoms with E-state index in [1.54, 1.807) is 48.5 Å². The summed E-state index contributed by atoms with van der Waals surface area (Å²) in [4.78, 5) is 0. The normalized spacial score (nSPS) is 29.9. The van der Waals surface area contributed by atoms with Crippen molar-refractivity contribution in [3.63, 3.8) is 0 Å². The van der Waals surface area contributed by atoms with Crippen molar-refractivity contribution in [3.8, 4) is 11.5 Å². The summed E-state index contributed by atoms with van der Waals surface area (Å²) >= 11 is 0. The monoisotopic (exact) mass is 572 g/mol. The molecule has 1 unspecified atom stereocenters. The zero-order chi connectivity index (χ0) is 30.1. The first-order valence-electron chi connectivity index (χ1n) is 15.8. The van der Waals surface area contributed by atoms with Crippen LogP contribution in [0.4, 0.5) is 0 Å². The summed E-state index contributed by atoms with van der Waals surface area (Å²) in [6.07, 6.45) is 12.7. The molecule has 2 aromatic rings. The first-order valence-corrected chi connectivity index (χ1v) is 15.8. The smallest absolute Gasteiger partial charge is 0.115 e. The highest BCUT2D eigenvalue weighted by atomic mass is 16.3. The Morgan fingerprint density at radius 1 is 0.929 bits per heavy atom. The SMILES string of the molecule is C=C1[C@H](O)CC(=C/C=C2/CCC[C@]3(C)[C@@H](C(C)CCCC(O)(c4ccc(O)cc4)c4ccc(O)cc4)CC[C@@H]23)C[C@H]1O. The van der Waals surface area contributed by atoms with Gasteiger partial charge < -0.3 is 25.5 Å². The summed E-state index contributed by atoms with van der Waals surface area (Å²) in [5.41, 5.74) is 3.68. The Bertz CT molecular complexity index is 1250. The molecule has 5 rings (SSSR count). The molecule has 0 aromatic heterocycles. The third kappa shape index (κ3) is 6.10. The third-order valence-corrected chi connectivity index (χ3v) is 10.9. The summed E-state index contributed by atoms with van der Waals surface area (Å²) in [6.45, 7) is 8.71. The van der Waals surface area contributed by atoms with E-state index >= 15 is 0 Å². The van der Waals surface area contributed by atoms with Gasteiger partial charge in [0.15, 0.2) is 0 Å². The number of allylic oxidation sites excluding steroid dienone is 3. The minimum Gasteiger partial charge on any atom is -0.508 e. The van der Waals surface area contributed by atoms with Gasteiger partial charge in [0, 0.05) is 0 Å². The molecule has 42 heavy (non-hydrogen) atoms. The number of aliphatic hydroxyl groups is 3. The van der Waals surface area contributed by atoms with Crippen LogP contribution in [0.3, 0.4) is 0 Å². The van der Waals surface area contributed by atoms with Crippen molar-refractivity contribution < 1.29 is 25.5 Å². The van der Waals surface area contributed by atoms with E-state index in [-0.39, 0.29) is 16.9 Å². The lowest BCUT2D eigenvalue weighted by molar-refractivity contribution is 0.0593. The van der Waals surface area contributed by atoms with E-state index in [4.69, 9.17) is 0 Å². The molecule has 0 amide bonds. The average Bonchev–Trinajstić information content (AvgIpc) is 3.32. The van der Waals surface area contributed by atoms with Crippen LogP contribution in [0.15, 0.2) is 84.0 Å². The van der Waals surface area contributed by atoms with Crippen LogP contribution in [0.2, 0.25) is 0 Å². The predicted molar refractivity (Wildman–Crippen MR) is 167 cm³/mol. The molecule has 0 saturated heterocycles. The van der Waals surface area contributed by atoms with Gasteiger partial charge in [-0.05, 0) is 122 Å². The van der Waals surface area contributed by atoms with Crippen LogP contribution in [0.1, 0.15) is 89.2 Å². The summed E-state index contributed by atoms with van der Waals surface area (Å²) in [5.74, 6) is 2.05. The van der Waals surface area contributed by atoms with E-state index in [9.17, 15) is 25.5 Å². The van der Waals surface area contributed by atoms with Crippen LogP contribution in [-0.2, 0) is 5.60 Å². The van der Waals surface area contributed by atoms with Crippen molar-refractivity contribution in [2.24, 2.45) is 23.2 Å². The van der Waals surface area contributed by atoms with Crippen LogP contribution in [0.5, 0.6) is 11.5 Å². The number of aliphatic hydroxyl groups excluding tert-OH is 2. The van der Waals surface area contributed by atoms with Gasteiger partial charge in [-0.2, -0.15) is 0 Å². The molecule has 0 spiro atoms. The molecule has 0 bridgehead atoms. The zero-order valence-corrected chi connectivity index (χ0v) is 25.2. The van der Waals surface area contributed by atoms with E-state index in [0.717, 1.165) is 36.0 Å². The average molecular weight is 573 g/mol. The highest BCUT2D eigenvalue weighted by Crippen LogP contribution is 2.60. The minimum atomic E-state index is -1.20. The van der Waals surface area contributed by atoms with Crippen LogP contribution >= 0.6 is 0 Å². The number of benzene rings is 2. The quantitative estimate of drug-likeness (QED) is 0.214. The summed E-state index contributed by atoms with van der Waals surface area (Å²) in [7, 11) is 0. The van der Waals surface area contributed by atoms with Crippen molar-refractivity contribution >= 4 is 0 Å². The summed E-state index contributed by atoms with van der Waals surface area (Å²) in [6, 6.07) is 13.6. The van der Waals surface area contributed by atoms with Gasteiger partial charge in [-0.15, -0.1) is 0 Å². The number of aromatic hydroxyl groups is 2. The molecule has 3 aliphatic carbocycles. The number of fused-ring (bicyclic) bond motifs is 1. The minimum absolute atomic E-state index is 0.168. The van der Waals surface area contributed by atoms with Crippen molar-refractivity contribution in [2.75, 3.05) is 0 Å². The fraction of sp³-hybridized carbons (Fsp3) is 0.514. The van der Waals surface area contributed by atoms with Crippen molar-refractivity contribution in [2.45, 2.75) is 95.9 Å². The molecule has 6 atom stereocenters. The molecule has 3 aliphatic rings. The maximum absolute atomic E-state index is 12.0. The Labute approximate surface area is 250 Å². The molecular formula is C37H48O5. The second kappa shape index (κ2) is 12.4. The van der Waals surface area contributed by atoms with E-state index in [2.05, 4.69) is 32.6 Å². The summed E-state index contributed by atoms with van der Waals surface area (Å²) in [5, 5.41) is 52.1. The Morgan fingerprint density at radius 2 is 1.50 bits per heavy atom. The van der Waals surface area contributed by atoms with Crippen LogP contribution < -0.4 is 0 Å². The molecule has 226 valence electrons. The van der Waals surface area contributed by atoms with E-state index in [1.165, 1.54) is 31.3 Å². The molecule has 0 heterocycles. The van der Waals surface area contributed by atoms with Gasteiger partial charge in [0.2, 0.25) is 0 Å². The molecule has 2 aromatic carbocycles. The van der Waals surface area contributed by atoms with Crippen LogP contribution in [0, 0.1) is 23.2 Å². The van der Waals surface area contributed by atoms with Crippen molar-refractivity contribution in [3.05, 3.63) is 95.1 Å². The highest BCUT2D eigenvalue weighted by molar-refractivity contribution is 5.40. The third-order valence-electron chi connectivity index (χ3n) is 10.9. The maximum atomic E-state index is 12.0. The Hall–Kier alpha value is -2.86. The van der Waals surface area contributed by atoms with Crippen molar-refractivity contribution in [1.29, 1.82) is 0 Å². The largest absolute Gasteiger partial charge is 0.508 e. The van der Waals surface area contributed by atoms with E-state index in [1.807, 2.05) is 0 Å². The van der Waals surface area contributed by atoms with E-state index in [0.29, 0.717) is 42.6 Å². The van der Waals surface area contributed by atoms with Gasteiger partial charge >= 0.3 is 0 Å². The van der Waals surface area contributed by atoms with Gasteiger partial charge in [-0.25, -0.2) is 0 Å². The molecule has 3 saturated carbocycles. The maximum Gasteiger partial charge on any atom is 0.115 e. The fourth-order valence-electron chi connectivity index (χ4n) is 8.45. The van der Waals surface area contributed by atoms with Gasteiger partial charge in [0.1, 0.15) is 17.1 Å². The second-order valence-electron chi connectivity index (χ2n) is 13.5. The number of rotatable bonds is 8. The number of hydrogen-bond acceptors (Lipinski definition) is 5. The van der Waals surface area contributed by atoms with Crippen molar-refractivity contribution in [1.82, 2.24) is 0 Å². The molecule has 0 aliphatic heterocycles. The van der Waals surface area contributed by atoms with Gasteiger partial charge in [0.25, 0.3) is 0 Å². The standard InChI is InChI=1S/C37H48O5/c1-24(6-4-21-37(42,28-10-14-30(38)15-11-28)29-12-16-31(39)17-13-29)32-18-19-33-27(7-5-20-36(32,33)3)9-8-26-22-34(40)25(2)35(41)23-26/h8-17,24,32-35,38-42H,2,4-7,18-23H2,1,3H3/b27-9-/t24?,32-,33+,34-,35-,36-/m1/s1. The predicted octanol–water partition coefficient (Wildman–Crippen LogP) is 7.28. The molecule has 5 N–H and O–H groups in total. The van der Waals surface area contributed by atoms with Crippen LogP contribution in [-0.4, -0.2) is 37.7 Å². The van der Waals surface area contributed by atoms with Gasteiger partial charge in [0.05, 0.1) is 12.2 Å². The Morgan fingerprint density at radius 3 is 2.07 bits per heavy atom. The lowest BCUT2D eigenvalue weighted by Gasteiger charge is -2.44. The molecule has 5 nitrogen and oxygen atoms in total. The van der Waals surface area contributed by atoms with Crippen LogP contribution in [0.25, 0.3) is 0 Å². The Balaban J connectivity index is 1.27. The Kier molecular flexibility index (Phi) is 9.03. The first-order chi connectivity index (χ1) is 20.0. The van der Waals surface area contributed by atoms with E-state index < -0.39 is 17.8 Å². The summed E-state index contributed by atoms with van der Waals surface area (Å²) < 4.78 is 0. The number of hydrogen-bond donors (Lipinski definition) is 5. The fourth-order valence-corrected chi connectivity index (χ4v) is 8.45.